The van der Waals surface area contributed by atoms with Gasteiger partial charge in [0.15, 0.2) is 0 Å². The van der Waals surface area contributed by atoms with E-state index in [4.69, 9.17) is 0 Å². The van der Waals surface area contributed by atoms with E-state index in [2.05, 4.69) is 10.1 Å². The maximum Gasteiger partial charge on any atom is 0.423 e. The molecule has 0 saturated carbocycles. The first kappa shape index (κ1) is 28.6. The molecule has 0 atom stereocenters. The molecule has 40 heavy (non-hydrogen) atoms. The quantitative estimate of drug-likeness (QED) is 0.373. The predicted molar refractivity (Wildman–Crippen MR) is 133 cm³/mol. The van der Waals surface area contributed by atoms with Gasteiger partial charge in [0, 0.05) is 55.4 Å². The molecule has 3 heterocycles. The first-order chi connectivity index (χ1) is 18.7. The highest BCUT2D eigenvalue weighted by Crippen LogP contribution is 2.33. The van der Waals surface area contributed by atoms with Crippen LogP contribution in [0.2, 0.25) is 0 Å². The molecule has 1 N–H and O–H groups in total. The third kappa shape index (κ3) is 6.40. The zero-order chi connectivity index (χ0) is 29.2. The lowest BCUT2D eigenvalue weighted by molar-refractivity contribution is -0.138. The summed E-state index contributed by atoms with van der Waals surface area (Å²) in [5, 5.41) is 5.06. The fraction of sp³-hybridized carbons (Fsp3) is 0.320. The molecule has 1 aliphatic heterocycles. The first-order valence-electron chi connectivity index (χ1n) is 11.8. The lowest BCUT2D eigenvalue weighted by atomic mass is 10.1. The van der Waals surface area contributed by atoms with Crippen molar-refractivity contribution in [2.75, 3.05) is 31.1 Å². The fourth-order valence-corrected chi connectivity index (χ4v) is 4.22. The summed E-state index contributed by atoms with van der Waals surface area (Å²) in [4.78, 5) is 44.4. The van der Waals surface area contributed by atoms with Gasteiger partial charge in [0.1, 0.15) is 11.3 Å². The van der Waals surface area contributed by atoms with Gasteiger partial charge in [-0.1, -0.05) is 0 Å². The SMILES string of the molecule is C/C(Cn1ccc(C(=O)N2CCN(c3ccc(C(F)(F)F)cc3)CC2)cc1=O)=N\c1cn[nH]c(=O)c1C(F)(F)F. The average molecular weight is 568 g/mol. The van der Waals surface area contributed by atoms with E-state index in [1.54, 1.807) is 5.10 Å². The van der Waals surface area contributed by atoms with Crippen molar-refractivity contribution in [1.82, 2.24) is 19.7 Å². The molecule has 1 aliphatic rings. The Bertz CT molecular complexity index is 1530. The summed E-state index contributed by atoms with van der Waals surface area (Å²) >= 11 is 0. The molecular weight excluding hydrogens is 546 g/mol. The number of aliphatic imine (C=N–C) groups is 1. The minimum Gasteiger partial charge on any atom is -0.368 e. The number of pyridine rings is 1. The molecule has 0 bridgehead atoms. The van der Waals surface area contributed by atoms with E-state index in [9.17, 15) is 40.7 Å². The summed E-state index contributed by atoms with van der Waals surface area (Å²) in [5.41, 5.74) is -4.20. The van der Waals surface area contributed by atoms with Crippen LogP contribution in [0.4, 0.5) is 37.7 Å². The lowest BCUT2D eigenvalue weighted by Gasteiger charge is -2.36. The molecule has 212 valence electrons. The third-order valence-corrected chi connectivity index (χ3v) is 6.20. The van der Waals surface area contributed by atoms with Gasteiger partial charge < -0.3 is 14.4 Å². The molecular formula is C25H22F6N6O3. The number of rotatable bonds is 5. The van der Waals surface area contributed by atoms with Gasteiger partial charge in [0.2, 0.25) is 0 Å². The van der Waals surface area contributed by atoms with E-state index < -0.39 is 46.2 Å². The van der Waals surface area contributed by atoms with Gasteiger partial charge in [-0.05, 0) is 37.3 Å². The Kier molecular flexibility index (Phi) is 7.84. The van der Waals surface area contributed by atoms with Gasteiger partial charge >= 0.3 is 12.4 Å². The van der Waals surface area contributed by atoms with Crippen LogP contribution in [0.15, 0.2) is 63.4 Å². The smallest absolute Gasteiger partial charge is 0.368 e. The summed E-state index contributed by atoms with van der Waals surface area (Å²) < 4.78 is 79.2. The van der Waals surface area contributed by atoms with Crippen LogP contribution in [0.3, 0.4) is 0 Å². The second-order valence-corrected chi connectivity index (χ2v) is 9.01. The molecule has 0 spiro atoms. The van der Waals surface area contributed by atoms with Crippen molar-refractivity contribution in [3.8, 4) is 0 Å². The van der Waals surface area contributed by atoms with Crippen molar-refractivity contribution in [3.05, 3.63) is 86.2 Å². The minimum atomic E-state index is -4.96. The van der Waals surface area contributed by atoms with Gasteiger partial charge in [-0.25, -0.2) is 5.10 Å². The molecule has 1 aromatic carbocycles. The van der Waals surface area contributed by atoms with Crippen molar-refractivity contribution in [1.29, 1.82) is 0 Å². The highest BCUT2D eigenvalue weighted by Gasteiger charge is 2.37. The summed E-state index contributed by atoms with van der Waals surface area (Å²) in [7, 11) is 0. The molecule has 1 saturated heterocycles. The molecule has 3 aromatic rings. The van der Waals surface area contributed by atoms with E-state index in [1.807, 2.05) is 4.90 Å². The van der Waals surface area contributed by atoms with Crippen molar-refractivity contribution >= 4 is 23.0 Å². The number of carbonyl (C=O) groups excluding carboxylic acids is 1. The summed E-state index contributed by atoms with van der Waals surface area (Å²) in [6.07, 6.45) is -7.32. The monoisotopic (exact) mass is 568 g/mol. The van der Waals surface area contributed by atoms with Gasteiger partial charge in [0.05, 0.1) is 18.3 Å². The summed E-state index contributed by atoms with van der Waals surface area (Å²) in [6, 6.07) is 7.26. The number of nitrogens with zero attached hydrogens (tertiary/aromatic N) is 5. The van der Waals surface area contributed by atoms with Gasteiger partial charge in [-0.2, -0.15) is 31.4 Å². The second kappa shape index (κ2) is 11.0. The number of halogens is 6. The van der Waals surface area contributed by atoms with Crippen molar-refractivity contribution in [3.63, 3.8) is 0 Å². The zero-order valence-electron chi connectivity index (χ0n) is 20.9. The van der Waals surface area contributed by atoms with Crippen LogP contribution in [0.25, 0.3) is 0 Å². The summed E-state index contributed by atoms with van der Waals surface area (Å²) in [6.45, 7) is 2.48. The zero-order valence-corrected chi connectivity index (χ0v) is 20.9. The number of benzene rings is 1. The van der Waals surface area contributed by atoms with Crippen LogP contribution in [-0.4, -0.2) is 57.5 Å². The number of piperazine rings is 1. The van der Waals surface area contributed by atoms with Gasteiger partial charge in [0.25, 0.3) is 17.0 Å². The van der Waals surface area contributed by atoms with E-state index in [1.165, 1.54) is 36.2 Å². The number of amides is 1. The number of alkyl halides is 6. The van der Waals surface area contributed by atoms with E-state index in [0.717, 1.165) is 29.0 Å². The van der Waals surface area contributed by atoms with Crippen LogP contribution < -0.4 is 16.0 Å². The number of aromatic nitrogens is 3. The van der Waals surface area contributed by atoms with Crippen LogP contribution in [-0.2, 0) is 18.9 Å². The highest BCUT2D eigenvalue weighted by atomic mass is 19.4. The molecule has 0 radical (unpaired) electrons. The molecule has 0 unspecified atom stereocenters. The largest absolute Gasteiger partial charge is 0.423 e. The highest BCUT2D eigenvalue weighted by molar-refractivity contribution is 5.94. The van der Waals surface area contributed by atoms with E-state index in [0.29, 0.717) is 18.8 Å². The second-order valence-electron chi connectivity index (χ2n) is 9.01. The number of nitrogens with one attached hydrogen (secondary N) is 1. The normalized spacial score (nSPS) is 14.9. The Morgan fingerprint density at radius 3 is 2.20 bits per heavy atom. The van der Waals surface area contributed by atoms with Crippen LogP contribution in [0, 0.1) is 0 Å². The first-order valence-corrected chi connectivity index (χ1v) is 11.8. The van der Waals surface area contributed by atoms with E-state index in [-0.39, 0.29) is 30.9 Å². The number of carbonyl (C=O) groups is 1. The van der Waals surface area contributed by atoms with Crippen molar-refractivity contribution < 1.29 is 31.1 Å². The van der Waals surface area contributed by atoms with Crippen LogP contribution >= 0.6 is 0 Å². The molecule has 9 nitrogen and oxygen atoms in total. The Morgan fingerprint density at radius 2 is 1.62 bits per heavy atom. The fourth-order valence-electron chi connectivity index (χ4n) is 4.22. The molecule has 0 aliphatic carbocycles. The standard InChI is InChI=1S/C25H22F6N6O3/c1-15(33-19-13-32-34-22(39)21(19)25(29,30)31)14-37-7-6-16(12-20(37)38)23(40)36-10-8-35(9-11-36)18-4-2-17(3-5-18)24(26,27)28/h2-7,12-13H,8-11,14H2,1H3,(H,34,39)/b33-15+. The minimum absolute atomic E-state index is 0.0819. The Morgan fingerprint density at radius 1 is 0.975 bits per heavy atom. The Labute approximate surface area is 222 Å². The van der Waals surface area contributed by atoms with Crippen LogP contribution in [0.5, 0.6) is 0 Å². The predicted octanol–water partition coefficient (Wildman–Crippen LogP) is 3.72. The average Bonchev–Trinajstić information content (AvgIpc) is 2.88. The topological polar surface area (TPSA) is 104 Å². The number of aromatic amines is 1. The summed E-state index contributed by atoms with van der Waals surface area (Å²) in [5.74, 6) is -0.411. The maximum absolute atomic E-state index is 13.2. The molecule has 15 heteroatoms. The van der Waals surface area contributed by atoms with Crippen molar-refractivity contribution in [2.45, 2.75) is 25.8 Å². The van der Waals surface area contributed by atoms with Crippen LogP contribution in [0.1, 0.15) is 28.4 Å². The number of anilines is 1. The third-order valence-electron chi connectivity index (χ3n) is 6.20. The molecule has 1 amide bonds. The number of hydrogen-bond donors (Lipinski definition) is 1. The lowest BCUT2D eigenvalue weighted by Crippen LogP contribution is -2.49. The van der Waals surface area contributed by atoms with Gasteiger partial charge in [-0.3, -0.25) is 19.4 Å². The molecule has 1 fully saturated rings. The van der Waals surface area contributed by atoms with Crippen molar-refractivity contribution in [2.24, 2.45) is 4.99 Å². The maximum atomic E-state index is 13.2. The molecule has 2 aromatic heterocycles. The Balaban J connectivity index is 1.41. The van der Waals surface area contributed by atoms with Gasteiger partial charge in [-0.15, -0.1) is 0 Å². The number of hydrogen-bond acceptors (Lipinski definition) is 6. The molecule has 4 rings (SSSR count). The van der Waals surface area contributed by atoms with E-state index >= 15 is 0 Å². The number of H-pyrrole nitrogens is 1. The Hall–Kier alpha value is -4.43.